The Balaban J connectivity index is 0.000000249. The van der Waals surface area contributed by atoms with Gasteiger partial charge in [-0.25, -0.2) is 0 Å². The summed E-state index contributed by atoms with van der Waals surface area (Å²) in [5.41, 5.74) is 9.63. The second kappa shape index (κ2) is 15.2. The van der Waals surface area contributed by atoms with Gasteiger partial charge in [-0.15, -0.1) is 0 Å². The van der Waals surface area contributed by atoms with Crippen LogP contribution in [0.3, 0.4) is 0 Å². The summed E-state index contributed by atoms with van der Waals surface area (Å²) in [7, 11) is 1.71. The van der Waals surface area contributed by atoms with Crippen LogP contribution in [0.5, 0.6) is 5.75 Å². The summed E-state index contributed by atoms with van der Waals surface area (Å²) in [4.78, 5) is 16.4. The molecule has 2 aromatic carbocycles. The Bertz CT molecular complexity index is 1070. The van der Waals surface area contributed by atoms with Gasteiger partial charge in [0.25, 0.3) is 0 Å². The molecule has 2 heterocycles. The zero-order valence-electron chi connectivity index (χ0n) is 22.4. The summed E-state index contributed by atoms with van der Waals surface area (Å²) in [6, 6.07) is 9.40. The van der Waals surface area contributed by atoms with E-state index >= 15 is 0 Å². The summed E-state index contributed by atoms with van der Waals surface area (Å²) < 4.78 is 6.22. The average Bonchev–Trinajstić information content (AvgIpc) is 2.80. The average molecular weight is 564 g/mol. The predicted molar refractivity (Wildman–Crippen MR) is 158 cm³/mol. The molecule has 7 nitrogen and oxygen atoms in total. The van der Waals surface area contributed by atoms with Crippen LogP contribution in [0.25, 0.3) is 0 Å². The SMILES string of the molecule is C1CCNCC1.CN=Cc1c(N)cc(N2CCC2)cc1OC(C)c1ccc(Cl)cc1Cl.O=C(O)C1CCC1. The van der Waals surface area contributed by atoms with Crippen LogP contribution >= 0.6 is 23.2 Å². The van der Waals surface area contributed by atoms with Crippen molar-refractivity contribution in [3.63, 3.8) is 0 Å². The third kappa shape index (κ3) is 8.79. The topological polar surface area (TPSA) is 100 Å². The maximum Gasteiger partial charge on any atom is 0.306 e. The molecular weight excluding hydrogens is 523 g/mol. The molecule has 0 amide bonds. The molecule has 0 radical (unpaired) electrons. The number of rotatable bonds is 6. The number of hydrogen-bond donors (Lipinski definition) is 3. The van der Waals surface area contributed by atoms with Gasteiger partial charge >= 0.3 is 5.97 Å². The molecule has 2 aromatic rings. The number of benzene rings is 2. The Kier molecular flexibility index (Phi) is 12.0. The van der Waals surface area contributed by atoms with Gasteiger partial charge in [-0.2, -0.15) is 0 Å². The molecular formula is C29H40Cl2N4O3. The first kappa shape index (κ1) is 30.1. The van der Waals surface area contributed by atoms with Crippen molar-refractivity contribution in [2.24, 2.45) is 10.9 Å². The van der Waals surface area contributed by atoms with E-state index in [4.69, 9.17) is 38.8 Å². The number of anilines is 2. The Morgan fingerprint density at radius 1 is 1.13 bits per heavy atom. The van der Waals surface area contributed by atoms with Crippen LogP contribution in [-0.2, 0) is 4.79 Å². The molecule has 4 N–H and O–H groups in total. The predicted octanol–water partition coefficient (Wildman–Crippen LogP) is 6.61. The van der Waals surface area contributed by atoms with E-state index in [-0.39, 0.29) is 12.0 Å². The van der Waals surface area contributed by atoms with Gasteiger partial charge in [0.05, 0.1) is 11.5 Å². The molecule has 1 unspecified atom stereocenters. The molecule has 1 saturated carbocycles. The highest BCUT2D eigenvalue weighted by Crippen LogP contribution is 2.36. The maximum atomic E-state index is 9.98. The fourth-order valence-corrected chi connectivity index (χ4v) is 4.86. The van der Waals surface area contributed by atoms with Gasteiger partial charge in [0.1, 0.15) is 11.9 Å². The van der Waals surface area contributed by atoms with E-state index in [1.54, 1.807) is 19.3 Å². The first-order valence-electron chi connectivity index (χ1n) is 13.5. The minimum atomic E-state index is -0.619. The van der Waals surface area contributed by atoms with Gasteiger partial charge in [0.15, 0.2) is 0 Å². The molecule has 0 bridgehead atoms. The van der Waals surface area contributed by atoms with Crippen LogP contribution < -0.4 is 20.7 Å². The Labute approximate surface area is 236 Å². The summed E-state index contributed by atoms with van der Waals surface area (Å²) >= 11 is 12.3. The largest absolute Gasteiger partial charge is 0.485 e. The number of carboxylic acid groups (broad SMARTS) is 1. The van der Waals surface area contributed by atoms with Crippen molar-refractivity contribution in [1.82, 2.24) is 5.32 Å². The van der Waals surface area contributed by atoms with E-state index < -0.39 is 5.97 Å². The molecule has 0 spiro atoms. The monoisotopic (exact) mass is 562 g/mol. The molecule has 38 heavy (non-hydrogen) atoms. The van der Waals surface area contributed by atoms with Crippen molar-refractivity contribution in [3.8, 4) is 5.75 Å². The highest BCUT2D eigenvalue weighted by molar-refractivity contribution is 6.35. The summed E-state index contributed by atoms with van der Waals surface area (Å²) in [5.74, 6) is 0.0808. The quantitative estimate of drug-likeness (QED) is 0.270. The first-order valence-corrected chi connectivity index (χ1v) is 14.2. The van der Waals surface area contributed by atoms with Crippen LogP contribution in [0.1, 0.15) is 69.1 Å². The van der Waals surface area contributed by atoms with E-state index in [2.05, 4.69) is 15.2 Å². The highest BCUT2D eigenvalue weighted by Gasteiger charge is 2.24. The van der Waals surface area contributed by atoms with Gasteiger partial charge in [-0.05, 0) is 70.3 Å². The number of halogens is 2. The lowest BCUT2D eigenvalue weighted by molar-refractivity contribution is -0.144. The summed E-state index contributed by atoms with van der Waals surface area (Å²) in [6.07, 6.45) is 9.79. The fraction of sp³-hybridized carbons (Fsp3) is 0.517. The van der Waals surface area contributed by atoms with Crippen molar-refractivity contribution < 1.29 is 14.6 Å². The standard InChI is InChI=1S/C19H21Cl2N3O.C5H11N.C5H8O2/c1-12(15-5-4-13(20)8-17(15)21)25-19-10-14(24-6-3-7-24)9-18(22)16(19)11-23-2;1-2-4-6-5-3-1;6-5(7)4-2-1-3-4/h4-5,8-12H,3,6-7,22H2,1-2H3;6H,1-5H2;4H,1-3H2,(H,6,7). The van der Waals surface area contributed by atoms with E-state index in [0.29, 0.717) is 21.5 Å². The minimum Gasteiger partial charge on any atom is -0.485 e. The normalized spacial score (nSPS) is 17.7. The van der Waals surface area contributed by atoms with Gasteiger partial charge in [0.2, 0.25) is 0 Å². The Morgan fingerprint density at radius 3 is 2.26 bits per heavy atom. The second-order valence-electron chi connectivity index (χ2n) is 9.88. The number of hydrogen-bond acceptors (Lipinski definition) is 6. The summed E-state index contributed by atoms with van der Waals surface area (Å²) in [5, 5.41) is 12.7. The van der Waals surface area contributed by atoms with Gasteiger partial charge in [-0.1, -0.05) is 42.1 Å². The van der Waals surface area contributed by atoms with Crippen molar-refractivity contribution in [3.05, 3.63) is 51.5 Å². The number of nitrogens with zero attached hydrogens (tertiary/aromatic N) is 2. The van der Waals surface area contributed by atoms with Crippen LogP contribution in [0.2, 0.25) is 10.0 Å². The number of aliphatic carboxylic acids is 1. The van der Waals surface area contributed by atoms with E-state index in [0.717, 1.165) is 49.2 Å². The lowest BCUT2D eigenvalue weighted by Gasteiger charge is -2.34. The van der Waals surface area contributed by atoms with E-state index in [9.17, 15) is 4.79 Å². The van der Waals surface area contributed by atoms with E-state index in [1.165, 1.54) is 38.8 Å². The van der Waals surface area contributed by atoms with Crippen molar-refractivity contribution in [1.29, 1.82) is 0 Å². The lowest BCUT2D eigenvalue weighted by Crippen LogP contribution is -2.37. The first-order chi connectivity index (χ1) is 18.3. The molecule has 2 saturated heterocycles. The maximum absolute atomic E-state index is 9.98. The lowest BCUT2D eigenvalue weighted by atomic mass is 9.86. The van der Waals surface area contributed by atoms with Crippen LogP contribution in [0.4, 0.5) is 11.4 Å². The molecule has 3 fully saturated rings. The minimum absolute atomic E-state index is 0.000000000000000444. The van der Waals surface area contributed by atoms with Crippen LogP contribution in [-0.4, -0.2) is 50.5 Å². The van der Waals surface area contributed by atoms with Gasteiger partial charge in [-0.3, -0.25) is 9.79 Å². The number of ether oxygens (including phenoxy) is 1. The molecule has 2 aliphatic heterocycles. The zero-order valence-corrected chi connectivity index (χ0v) is 23.9. The molecule has 1 aliphatic carbocycles. The Hall–Kier alpha value is -2.48. The summed E-state index contributed by atoms with van der Waals surface area (Å²) in [6.45, 7) is 6.53. The third-order valence-corrected chi connectivity index (χ3v) is 7.57. The smallest absolute Gasteiger partial charge is 0.306 e. The van der Waals surface area contributed by atoms with Crippen molar-refractivity contribution in [2.45, 2.75) is 58.0 Å². The molecule has 0 aromatic heterocycles. The molecule has 9 heteroatoms. The van der Waals surface area contributed by atoms with Gasteiger partial charge in [0, 0.05) is 59.4 Å². The number of carbonyl (C=O) groups is 1. The van der Waals surface area contributed by atoms with Crippen molar-refractivity contribution in [2.75, 3.05) is 43.9 Å². The highest BCUT2D eigenvalue weighted by atomic mass is 35.5. The fourth-order valence-electron chi connectivity index (χ4n) is 4.30. The number of carboxylic acids is 1. The molecule has 208 valence electrons. The molecule has 3 aliphatic rings. The zero-order chi connectivity index (χ0) is 27.5. The Morgan fingerprint density at radius 2 is 1.84 bits per heavy atom. The second-order valence-corrected chi connectivity index (χ2v) is 10.7. The number of nitrogen functional groups attached to an aromatic ring is 1. The van der Waals surface area contributed by atoms with Crippen LogP contribution in [0.15, 0.2) is 35.3 Å². The number of aliphatic imine (C=N–C) groups is 1. The number of nitrogens with one attached hydrogen (secondary N) is 1. The van der Waals surface area contributed by atoms with E-state index in [1.807, 2.05) is 31.2 Å². The third-order valence-electron chi connectivity index (χ3n) is 7.00. The molecule has 5 rings (SSSR count). The van der Waals surface area contributed by atoms with Gasteiger partial charge < -0.3 is 25.8 Å². The van der Waals surface area contributed by atoms with Crippen LogP contribution in [0, 0.1) is 5.92 Å². The number of piperidine rings is 1. The number of nitrogens with two attached hydrogens (primary N) is 1. The van der Waals surface area contributed by atoms with Crippen molar-refractivity contribution >= 4 is 46.8 Å². The molecule has 1 atom stereocenters.